The quantitative estimate of drug-likeness (QED) is 0.779. The Morgan fingerprint density at radius 1 is 1.07 bits per heavy atom. The highest BCUT2D eigenvalue weighted by Crippen LogP contribution is 2.24. The molecule has 0 saturated carbocycles. The molecule has 2 aromatic heterocycles. The van der Waals surface area contributed by atoms with Gasteiger partial charge in [-0.1, -0.05) is 18.2 Å². The summed E-state index contributed by atoms with van der Waals surface area (Å²) in [5.74, 6) is 0.466. The summed E-state index contributed by atoms with van der Waals surface area (Å²) in [5.41, 5.74) is 1.95. The molecule has 27 heavy (non-hydrogen) atoms. The molecule has 0 fully saturated rings. The predicted octanol–water partition coefficient (Wildman–Crippen LogP) is 2.96. The molecule has 1 atom stereocenters. The lowest BCUT2D eigenvalue weighted by Crippen LogP contribution is -2.34. The van der Waals surface area contributed by atoms with Crippen LogP contribution in [0.5, 0.6) is 0 Å². The van der Waals surface area contributed by atoms with Gasteiger partial charge in [0.05, 0.1) is 11.7 Å². The van der Waals surface area contributed by atoms with Gasteiger partial charge in [-0.05, 0) is 43.5 Å². The number of hydrogen-bond acceptors (Lipinski definition) is 4. The summed E-state index contributed by atoms with van der Waals surface area (Å²) < 4.78 is 1.69. The molecule has 1 aromatic carbocycles. The molecule has 6 nitrogen and oxygen atoms in total. The van der Waals surface area contributed by atoms with Gasteiger partial charge in [0, 0.05) is 36.1 Å². The summed E-state index contributed by atoms with van der Waals surface area (Å²) in [6, 6.07) is 14.0. The first kappa shape index (κ1) is 17.1. The summed E-state index contributed by atoms with van der Waals surface area (Å²) in [7, 11) is 0. The van der Waals surface area contributed by atoms with Crippen molar-refractivity contribution in [3.05, 3.63) is 82.7 Å². The standard InChI is InChI=1S/C21H20N4O2/c26-19-14-18(15-9-11-22-12-10-15)23-20-17(8-4-5-13-25(19)20)24-21(27)16-6-2-1-3-7-16/h1-3,6-7,9-12,14,17H,4-5,8,13H2,(H,24,27). The van der Waals surface area contributed by atoms with Crippen LogP contribution >= 0.6 is 0 Å². The fourth-order valence-electron chi connectivity index (χ4n) is 3.40. The van der Waals surface area contributed by atoms with Crippen molar-refractivity contribution >= 4 is 5.91 Å². The molecule has 136 valence electrons. The molecule has 1 N–H and O–H groups in total. The number of aromatic nitrogens is 3. The highest BCUT2D eigenvalue weighted by Gasteiger charge is 2.24. The predicted molar refractivity (Wildman–Crippen MR) is 102 cm³/mol. The van der Waals surface area contributed by atoms with E-state index in [-0.39, 0.29) is 17.5 Å². The van der Waals surface area contributed by atoms with Gasteiger partial charge in [-0.3, -0.25) is 19.1 Å². The third kappa shape index (κ3) is 3.65. The molecule has 4 rings (SSSR count). The summed E-state index contributed by atoms with van der Waals surface area (Å²) in [5, 5.41) is 3.06. The van der Waals surface area contributed by atoms with Crippen LogP contribution < -0.4 is 10.9 Å². The van der Waals surface area contributed by atoms with Crippen molar-refractivity contribution in [2.75, 3.05) is 0 Å². The molecule has 0 bridgehead atoms. The average molecular weight is 360 g/mol. The molecule has 0 saturated heterocycles. The molecule has 1 aliphatic heterocycles. The number of amides is 1. The molecule has 1 unspecified atom stereocenters. The van der Waals surface area contributed by atoms with Crippen LogP contribution in [0.25, 0.3) is 11.3 Å². The van der Waals surface area contributed by atoms with Crippen LogP contribution in [0.15, 0.2) is 65.7 Å². The van der Waals surface area contributed by atoms with Crippen molar-refractivity contribution in [3.63, 3.8) is 0 Å². The van der Waals surface area contributed by atoms with E-state index < -0.39 is 0 Å². The van der Waals surface area contributed by atoms with Crippen LogP contribution in [-0.4, -0.2) is 20.4 Å². The van der Waals surface area contributed by atoms with Crippen LogP contribution in [0.2, 0.25) is 0 Å². The number of nitrogens with zero attached hydrogens (tertiary/aromatic N) is 3. The molecule has 0 spiro atoms. The topological polar surface area (TPSA) is 76.9 Å². The van der Waals surface area contributed by atoms with Crippen molar-refractivity contribution in [1.29, 1.82) is 0 Å². The number of benzene rings is 1. The Bertz CT molecular complexity index is 1000. The van der Waals surface area contributed by atoms with E-state index >= 15 is 0 Å². The number of rotatable bonds is 3. The Hall–Kier alpha value is -3.28. The van der Waals surface area contributed by atoms with Gasteiger partial charge in [0.1, 0.15) is 5.82 Å². The van der Waals surface area contributed by atoms with Crippen LogP contribution in [0.3, 0.4) is 0 Å². The van der Waals surface area contributed by atoms with Crippen molar-refractivity contribution in [2.24, 2.45) is 0 Å². The van der Waals surface area contributed by atoms with E-state index in [0.29, 0.717) is 23.6 Å². The summed E-state index contributed by atoms with van der Waals surface area (Å²) in [6.45, 7) is 0.621. The third-order valence-corrected chi connectivity index (χ3v) is 4.79. The highest BCUT2D eigenvalue weighted by atomic mass is 16.2. The van der Waals surface area contributed by atoms with Gasteiger partial charge in [0.25, 0.3) is 11.5 Å². The first-order valence-corrected chi connectivity index (χ1v) is 9.10. The Morgan fingerprint density at radius 2 is 1.85 bits per heavy atom. The normalized spacial score (nSPS) is 16.2. The monoisotopic (exact) mass is 360 g/mol. The minimum Gasteiger partial charge on any atom is -0.342 e. The Morgan fingerprint density at radius 3 is 2.63 bits per heavy atom. The molecule has 3 heterocycles. The molecular weight excluding hydrogens is 340 g/mol. The van der Waals surface area contributed by atoms with Gasteiger partial charge in [-0.15, -0.1) is 0 Å². The van der Waals surface area contributed by atoms with E-state index in [1.54, 1.807) is 35.2 Å². The fraction of sp³-hybridized carbons (Fsp3) is 0.238. The zero-order valence-electron chi connectivity index (χ0n) is 14.8. The molecule has 1 amide bonds. The minimum atomic E-state index is -0.297. The zero-order valence-corrected chi connectivity index (χ0v) is 14.8. The number of carbonyl (C=O) groups excluding carboxylic acids is 1. The number of fused-ring (bicyclic) bond motifs is 1. The first-order valence-electron chi connectivity index (χ1n) is 9.10. The fourth-order valence-corrected chi connectivity index (χ4v) is 3.40. The maximum Gasteiger partial charge on any atom is 0.254 e. The lowest BCUT2D eigenvalue weighted by Gasteiger charge is -2.20. The lowest BCUT2D eigenvalue weighted by molar-refractivity contribution is 0.0932. The summed E-state index contributed by atoms with van der Waals surface area (Å²) in [4.78, 5) is 34.1. The third-order valence-electron chi connectivity index (χ3n) is 4.79. The number of pyridine rings is 1. The molecule has 0 radical (unpaired) electrons. The summed E-state index contributed by atoms with van der Waals surface area (Å²) >= 11 is 0. The largest absolute Gasteiger partial charge is 0.342 e. The Balaban J connectivity index is 1.72. The van der Waals surface area contributed by atoms with E-state index in [1.165, 1.54) is 0 Å². The van der Waals surface area contributed by atoms with Crippen molar-refractivity contribution in [3.8, 4) is 11.3 Å². The van der Waals surface area contributed by atoms with Crippen LogP contribution in [0.4, 0.5) is 0 Å². The van der Waals surface area contributed by atoms with Gasteiger partial charge in [-0.2, -0.15) is 0 Å². The van der Waals surface area contributed by atoms with Gasteiger partial charge in [0.2, 0.25) is 0 Å². The van der Waals surface area contributed by atoms with Gasteiger partial charge in [0.15, 0.2) is 0 Å². The van der Waals surface area contributed by atoms with Gasteiger partial charge >= 0.3 is 0 Å². The van der Waals surface area contributed by atoms with Crippen LogP contribution in [0, 0.1) is 0 Å². The minimum absolute atomic E-state index is 0.0901. The highest BCUT2D eigenvalue weighted by molar-refractivity contribution is 5.94. The number of carbonyl (C=O) groups is 1. The van der Waals surface area contributed by atoms with Gasteiger partial charge < -0.3 is 5.32 Å². The first-order chi connectivity index (χ1) is 13.2. The van der Waals surface area contributed by atoms with E-state index in [4.69, 9.17) is 4.98 Å². The lowest BCUT2D eigenvalue weighted by atomic mass is 10.1. The molecule has 0 aliphatic carbocycles. The van der Waals surface area contributed by atoms with E-state index in [9.17, 15) is 9.59 Å². The van der Waals surface area contributed by atoms with Crippen LogP contribution in [0.1, 0.15) is 41.5 Å². The Labute approximate surface area is 156 Å². The molecule has 3 aromatic rings. The Kier molecular flexibility index (Phi) is 4.78. The second-order valence-corrected chi connectivity index (χ2v) is 6.61. The second-order valence-electron chi connectivity index (χ2n) is 6.61. The van der Waals surface area contributed by atoms with E-state index in [2.05, 4.69) is 10.3 Å². The van der Waals surface area contributed by atoms with Gasteiger partial charge in [-0.25, -0.2) is 4.98 Å². The average Bonchev–Trinajstić information content (AvgIpc) is 2.92. The summed E-state index contributed by atoms with van der Waals surface area (Å²) in [6.07, 6.45) is 5.92. The number of nitrogens with one attached hydrogen (secondary N) is 1. The van der Waals surface area contributed by atoms with E-state index in [1.807, 2.05) is 30.3 Å². The number of hydrogen-bond donors (Lipinski definition) is 1. The molecular formula is C21H20N4O2. The van der Waals surface area contributed by atoms with E-state index in [0.717, 1.165) is 24.8 Å². The SMILES string of the molecule is O=C(NC1CCCCn2c1nc(-c1ccncc1)cc2=O)c1ccccc1. The maximum absolute atomic E-state index is 12.7. The second kappa shape index (κ2) is 7.53. The van der Waals surface area contributed by atoms with Crippen molar-refractivity contribution in [1.82, 2.24) is 19.9 Å². The maximum atomic E-state index is 12.7. The molecule has 1 aliphatic rings. The molecule has 6 heteroatoms. The zero-order chi connectivity index (χ0) is 18.6. The van der Waals surface area contributed by atoms with Crippen molar-refractivity contribution in [2.45, 2.75) is 31.8 Å². The van der Waals surface area contributed by atoms with Crippen molar-refractivity contribution < 1.29 is 4.79 Å². The van der Waals surface area contributed by atoms with Crippen LogP contribution in [-0.2, 0) is 6.54 Å². The smallest absolute Gasteiger partial charge is 0.254 e.